The average molecular weight is 327 g/mol. The van der Waals surface area contributed by atoms with Crippen LogP contribution in [0.2, 0.25) is 6.55 Å². The number of benzene rings is 2. The van der Waals surface area contributed by atoms with Crippen LogP contribution in [0.15, 0.2) is 66.7 Å². The molecule has 0 bridgehead atoms. The van der Waals surface area contributed by atoms with Crippen molar-refractivity contribution in [2.45, 2.75) is 26.3 Å². The van der Waals surface area contributed by atoms with Gasteiger partial charge in [0.25, 0.3) is 0 Å². The first-order valence-electron chi connectivity index (χ1n) is 8.14. The number of aryl methyl sites for hydroxylation is 1. The van der Waals surface area contributed by atoms with Crippen LogP contribution in [0, 0.1) is 0 Å². The third-order valence-corrected chi connectivity index (χ3v) is 3.27. The molecule has 0 aliphatic heterocycles. The largest absolute Gasteiger partial charge is 0.462 e. The Morgan fingerprint density at radius 1 is 1.04 bits per heavy atom. The molecule has 0 fully saturated rings. The molecule has 0 aromatic heterocycles. The fraction of sp³-hybridized carbons (Fsp3) is 0.250. The Hall–Kier alpha value is -2.13. The molecule has 2 rings (SSSR count). The van der Waals surface area contributed by atoms with E-state index in [0.717, 1.165) is 12.8 Å². The van der Waals surface area contributed by atoms with E-state index in [4.69, 9.17) is 4.74 Å². The first-order valence-corrected chi connectivity index (χ1v) is 10.1. The standard InChI is InChI=1S/C19H20O2.CH6Si/c1-15(2)19(20)21-14-8-12-17-11-6-7-13-18(17)16-9-4-3-5-10-16;1-2/h3-7,9-11,13H,1,8,12,14H2,2H3;1-2H3. The summed E-state index contributed by atoms with van der Waals surface area (Å²) >= 11 is 0. The van der Waals surface area contributed by atoms with Crippen molar-refractivity contribution >= 4 is 16.2 Å². The Labute approximate surface area is 142 Å². The molecular formula is C20H26O2Si. The fourth-order valence-electron chi connectivity index (χ4n) is 2.19. The van der Waals surface area contributed by atoms with E-state index < -0.39 is 0 Å². The van der Waals surface area contributed by atoms with Crippen LogP contribution in [-0.4, -0.2) is 22.8 Å². The Morgan fingerprint density at radius 2 is 1.65 bits per heavy atom. The molecule has 0 spiro atoms. The number of ether oxygens (including phenoxy) is 1. The summed E-state index contributed by atoms with van der Waals surface area (Å²) in [6, 6.07) is 18.7. The van der Waals surface area contributed by atoms with E-state index in [1.54, 1.807) is 6.92 Å². The SMILES string of the molecule is C=C(C)C(=O)OCCCc1ccccc1-c1ccccc1.C[SiH3]. The molecule has 122 valence electrons. The zero-order valence-corrected chi connectivity index (χ0v) is 16.3. The Morgan fingerprint density at radius 3 is 2.30 bits per heavy atom. The smallest absolute Gasteiger partial charge is 0.333 e. The molecule has 0 amide bonds. The number of esters is 1. The molecule has 23 heavy (non-hydrogen) atoms. The van der Waals surface area contributed by atoms with Crippen molar-refractivity contribution in [1.29, 1.82) is 0 Å². The highest BCUT2D eigenvalue weighted by Gasteiger charge is 2.06. The highest BCUT2D eigenvalue weighted by molar-refractivity contribution is 6.05. The minimum atomic E-state index is -0.314. The van der Waals surface area contributed by atoms with Gasteiger partial charge in [-0.2, -0.15) is 0 Å². The summed E-state index contributed by atoms with van der Waals surface area (Å²) in [6.45, 7) is 7.80. The van der Waals surface area contributed by atoms with Crippen molar-refractivity contribution in [3.05, 3.63) is 72.3 Å². The van der Waals surface area contributed by atoms with Gasteiger partial charge in [0.1, 0.15) is 0 Å². The number of carbonyl (C=O) groups excluding carboxylic acids is 1. The summed E-state index contributed by atoms with van der Waals surface area (Å²) in [6.07, 6.45) is 1.69. The minimum absolute atomic E-state index is 0.314. The molecule has 2 nitrogen and oxygen atoms in total. The molecule has 0 radical (unpaired) electrons. The molecule has 0 saturated carbocycles. The number of hydrogen-bond donors (Lipinski definition) is 0. The maximum absolute atomic E-state index is 11.3. The van der Waals surface area contributed by atoms with Crippen molar-refractivity contribution in [2.75, 3.05) is 6.61 Å². The molecule has 0 aliphatic carbocycles. The van der Waals surface area contributed by atoms with Crippen LogP contribution >= 0.6 is 0 Å². The van der Waals surface area contributed by atoms with Gasteiger partial charge in [-0.25, -0.2) is 4.79 Å². The van der Waals surface area contributed by atoms with Gasteiger partial charge < -0.3 is 4.74 Å². The Bertz CT molecular complexity index is 621. The molecular weight excluding hydrogens is 300 g/mol. The van der Waals surface area contributed by atoms with Crippen molar-refractivity contribution in [3.63, 3.8) is 0 Å². The summed E-state index contributed by atoms with van der Waals surface area (Å²) in [4.78, 5) is 11.3. The zero-order chi connectivity index (χ0) is 17.1. The normalized spacial score (nSPS) is 9.65. The summed E-state index contributed by atoms with van der Waals surface area (Å²) < 4.78 is 5.13. The zero-order valence-electron chi connectivity index (χ0n) is 14.3. The van der Waals surface area contributed by atoms with Gasteiger partial charge in [-0.05, 0) is 46.7 Å². The van der Waals surface area contributed by atoms with Crippen molar-refractivity contribution in [1.82, 2.24) is 0 Å². The van der Waals surface area contributed by atoms with E-state index in [9.17, 15) is 4.79 Å². The third kappa shape index (κ3) is 6.25. The number of rotatable bonds is 6. The molecule has 0 atom stereocenters. The molecule has 3 heteroatoms. The van der Waals surface area contributed by atoms with Crippen LogP contribution < -0.4 is 0 Å². The third-order valence-electron chi connectivity index (χ3n) is 3.27. The van der Waals surface area contributed by atoms with Crippen LogP contribution in [0.1, 0.15) is 18.9 Å². The lowest BCUT2D eigenvalue weighted by Crippen LogP contribution is -2.07. The Balaban J connectivity index is 0.00000127. The van der Waals surface area contributed by atoms with Crippen molar-refractivity contribution in [3.8, 4) is 11.1 Å². The molecule has 0 N–H and O–H groups in total. The van der Waals surface area contributed by atoms with Crippen molar-refractivity contribution in [2.24, 2.45) is 0 Å². The van der Waals surface area contributed by atoms with Gasteiger partial charge in [-0.15, -0.1) is 0 Å². The monoisotopic (exact) mass is 326 g/mol. The topological polar surface area (TPSA) is 26.3 Å². The maximum Gasteiger partial charge on any atom is 0.333 e. The quantitative estimate of drug-likeness (QED) is 0.349. The van der Waals surface area contributed by atoms with E-state index in [0.29, 0.717) is 12.2 Å². The first kappa shape index (κ1) is 18.9. The lowest BCUT2D eigenvalue weighted by molar-refractivity contribution is -0.139. The lowest BCUT2D eigenvalue weighted by Gasteiger charge is -2.10. The average Bonchev–Trinajstić information content (AvgIpc) is 2.61. The molecule has 2 aromatic carbocycles. The summed E-state index contributed by atoms with van der Waals surface area (Å²) in [7, 11) is 1.31. The van der Waals surface area contributed by atoms with E-state index in [1.165, 1.54) is 26.9 Å². The van der Waals surface area contributed by atoms with Gasteiger partial charge in [0.05, 0.1) is 6.61 Å². The molecule has 0 heterocycles. The van der Waals surface area contributed by atoms with Gasteiger partial charge in [-0.1, -0.05) is 67.7 Å². The number of hydrogen-bond acceptors (Lipinski definition) is 2. The van der Waals surface area contributed by atoms with Gasteiger partial charge >= 0.3 is 5.97 Å². The van der Waals surface area contributed by atoms with Crippen LogP contribution in [0.4, 0.5) is 0 Å². The summed E-state index contributed by atoms with van der Waals surface area (Å²) in [5, 5.41) is 0. The fourth-order valence-corrected chi connectivity index (χ4v) is 2.19. The second kappa shape index (κ2) is 10.6. The van der Waals surface area contributed by atoms with Crippen LogP contribution in [0.5, 0.6) is 0 Å². The highest BCUT2D eigenvalue weighted by Crippen LogP contribution is 2.24. The van der Waals surface area contributed by atoms with Gasteiger partial charge in [-0.3, -0.25) is 0 Å². The summed E-state index contributed by atoms with van der Waals surface area (Å²) in [5.41, 5.74) is 4.17. The first-order chi connectivity index (χ1) is 11.2. The van der Waals surface area contributed by atoms with Gasteiger partial charge in [0.15, 0.2) is 0 Å². The lowest BCUT2D eigenvalue weighted by atomic mass is 9.97. The van der Waals surface area contributed by atoms with E-state index in [2.05, 4.69) is 37.4 Å². The molecule has 0 unspecified atom stereocenters. The molecule has 0 aliphatic rings. The minimum Gasteiger partial charge on any atom is -0.462 e. The van der Waals surface area contributed by atoms with Crippen LogP contribution in [0.3, 0.4) is 0 Å². The van der Waals surface area contributed by atoms with Crippen LogP contribution in [-0.2, 0) is 16.0 Å². The van der Waals surface area contributed by atoms with Gasteiger partial charge in [0, 0.05) is 5.57 Å². The predicted molar refractivity (Wildman–Crippen MR) is 102 cm³/mol. The van der Waals surface area contributed by atoms with Gasteiger partial charge in [0.2, 0.25) is 0 Å². The molecule has 0 saturated heterocycles. The van der Waals surface area contributed by atoms with E-state index >= 15 is 0 Å². The highest BCUT2D eigenvalue weighted by atomic mass is 28.1. The predicted octanol–water partition coefficient (Wildman–Crippen LogP) is 3.81. The second-order valence-electron chi connectivity index (χ2n) is 5.04. The van der Waals surface area contributed by atoms with Crippen molar-refractivity contribution < 1.29 is 9.53 Å². The van der Waals surface area contributed by atoms with Crippen LogP contribution in [0.25, 0.3) is 11.1 Å². The van der Waals surface area contributed by atoms with E-state index in [-0.39, 0.29) is 5.97 Å². The number of carbonyl (C=O) groups is 1. The maximum atomic E-state index is 11.3. The summed E-state index contributed by atoms with van der Waals surface area (Å²) in [5.74, 6) is -0.314. The second-order valence-corrected chi connectivity index (χ2v) is 5.04. The molecule has 2 aromatic rings. The Kier molecular flexibility index (Phi) is 8.69. The van der Waals surface area contributed by atoms with E-state index in [1.807, 2.05) is 30.3 Å².